The van der Waals surface area contributed by atoms with Crippen LogP contribution in [0.25, 0.3) is 0 Å². The number of ether oxygens (including phenoxy) is 2. The highest BCUT2D eigenvalue weighted by atomic mass is 16.5. The van der Waals surface area contributed by atoms with Crippen molar-refractivity contribution in [1.29, 1.82) is 0 Å². The maximum Gasteiger partial charge on any atom is 0.339 e. The number of esters is 1. The van der Waals surface area contributed by atoms with Crippen molar-refractivity contribution in [3.63, 3.8) is 0 Å². The summed E-state index contributed by atoms with van der Waals surface area (Å²) in [6, 6.07) is 0. The summed E-state index contributed by atoms with van der Waals surface area (Å²) in [5, 5.41) is 0. The third kappa shape index (κ3) is 3.83. The van der Waals surface area contributed by atoms with Gasteiger partial charge in [0.2, 0.25) is 0 Å². The molecule has 0 bridgehead atoms. The molecule has 0 aromatic carbocycles. The van der Waals surface area contributed by atoms with E-state index < -0.39 is 5.97 Å². The van der Waals surface area contributed by atoms with Crippen LogP contribution in [0.15, 0.2) is 11.5 Å². The zero-order valence-electron chi connectivity index (χ0n) is 8.42. The van der Waals surface area contributed by atoms with E-state index in [1.807, 2.05) is 13.8 Å². The van der Waals surface area contributed by atoms with E-state index in [9.17, 15) is 4.79 Å². The number of rotatable bonds is 5. The number of carbonyl (C=O) groups excluding carboxylic acids is 1. The van der Waals surface area contributed by atoms with Crippen molar-refractivity contribution in [3.8, 4) is 0 Å². The third-order valence-electron chi connectivity index (χ3n) is 1.47. The lowest BCUT2D eigenvalue weighted by Crippen LogP contribution is -2.15. The Morgan fingerprint density at radius 2 is 1.69 bits per heavy atom. The Morgan fingerprint density at radius 3 is 2.08 bits per heavy atom. The number of carbonyl (C=O) groups is 1. The molecule has 0 amide bonds. The van der Waals surface area contributed by atoms with Crippen LogP contribution in [-0.2, 0) is 14.3 Å². The van der Waals surface area contributed by atoms with Crippen LogP contribution in [0.5, 0.6) is 0 Å². The van der Waals surface area contributed by atoms with Crippen LogP contribution in [0.2, 0.25) is 0 Å². The van der Waals surface area contributed by atoms with Gasteiger partial charge in [-0.05, 0) is 20.3 Å². The van der Waals surface area contributed by atoms with Gasteiger partial charge in [-0.1, -0.05) is 6.92 Å². The van der Waals surface area contributed by atoms with E-state index in [1.165, 1.54) is 0 Å². The Balaban J connectivity index is 4.46. The molecule has 0 aromatic heterocycles. The van der Waals surface area contributed by atoms with Crippen molar-refractivity contribution >= 4 is 5.97 Å². The van der Waals surface area contributed by atoms with Crippen LogP contribution in [0, 0.1) is 0 Å². The van der Waals surface area contributed by atoms with E-state index in [0.717, 1.165) is 0 Å². The number of nitrogens with two attached hydrogens (primary N) is 1. The van der Waals surface area contributed by atoms with E-state index in [1.54, 1.807) is 6.92 Å². The molecule has 0 atom stereocenters. The van der Waals surface area contributed by atoms with Gasteiger partial charge < -0.3 is 15.2 Å². The van der Waals surface area contributed by atoms with Gasteiger partial charge in [-0.3, -0.25) is 0 Å². The monoisotopic (exact) mass is 187 g/mol. The molecule has 0 saturated heterocycles. The predicted molar refractivity (Wildman–Crippen MR) is 49.8 cm³/mol. The van der Waals surface area contributed by atoms with Gasteiger partial charge in [-0.15, -0.1) is 0 Å². The summed E-state index contributed by atoms with van der Waals surface area (Å²) >= 11 is 0. The first-order valence-corrected chi connectivity index (χ1v) is 4.45. The van der Waals surface area contributed by atoms with Crippen molar-refractivity contribution < 1.29 is 14.3 Å². The predicted octanol–water partition coefficient (Wildman–Crippen LogP) is 1.17. The topological polar surface area (TPSA) is 61.5 Å². The Hall–Kier alpha value is -1.19. The second kappa shape index (κ2) is 6.34. The van der Waals surface area contributed by atoms with Crippen molar-refractivity contribution in [2.75, 3.05) is 13.2 Å². The Morgan fingerprint density at radius 1 is 1.15 bits per heavy atom. The second-order valence-corrected chi connectivity index (χ2v) is 2.35. The molecule has 2 N–H and O–H groups in total. The summed E-state index contributed by atoms with van der Waals surface area (Å²) in [4.78, 5) is 11.3. The zero-order valence-corrected chi connectivity index (χ0v) is 8.42. The lowest BCUT2D eigenvalue weighted by atomic mass is 10.2. The van der Waals surface area contributed by atoms with Crippen LogP contribution in [0.3, 0.4) is 0 Å². The molecule has 4 nitrogen and oxygen atoms in total. The highest BCUT2D eigenvalue weighted by molar-refractivity contribution is 5.88. The van der Waals surface area contributed by atoms with Crippen molar-refractivity contribution in [1.82, 2.24) is 0 Å². The van der Waals surface area contributed by atoms with Gasteiger partial charge in [0.1, 0.15) is 0 Å². The fourth-order valence-electron chi connectivity index (χ4n) is 0.880. The summed E-state index contributed by atoms with van der Waals surface area (Å²) in [5.74, 6) is -0.223. The molecule has 0 saturated carbocycles. The molecule has 0 rings (SSSR count). The average Bonchev–Trinajstić information content (AvgIpc) is 2.06. The Kier molecular flexibility index (Phi) is 5.76. The van der Waals surface area contributed by atoms with Gasteiger partial charge in [0, 0.05) is 0 Å². The molecule has 0 radical (unpaired) electrons. The molecule has 0 aliphatic rings. The third-order valence-corrected chi connectivity index (χ3v) is 1.47. The summed E-state index contributed by atoms with van der Waals surface area (Å²) < 4.78 is 9.82. The Bertz CT molecular complexity index is 199. The molecule has 0 heterocycles. The zero-order chi connectivity index (χ0) is 10.3. The van der Waals surface area contributed by atoms with Gasteiger partial charge in [-0.25, -0.2) is 4.79 Å². The van der Waals surface area contributed by atoms with Crippen LogP contribution in [0.1, 0.15) is 27.2 Å². The van der Waals surface area contributed by atoms with E-state index in [-0.39, 0.29) is 5.88 Å². The van der Waals surface area contributed by atoms with Gasteiger partial charge in [0.05, 0.1) is 18.8 Å². The second-order valence-electron chi connectivity index (χ2n) is 2.35. The highest BCUT2D eigenvalue weighted by Crippen LogP contribution is 2.07. The average molecular weight is 187 g/mol. The number of hydrogen-bond donors (Lipinski definition) is 1. The van der Waals surface area contributed by atoms with Crippen molar-refractivity contribution in [3.05, 3.63) is 11.5 Å². The molecular formula is C9H17NO3. The largest absolute Gasteiger partial charge is 0.479 e. The molecule has 13 heavy (non-hydrogen) atoms. The van der Waals surface area contributed by atoms with Crippen LogP contribution >= 0.6 is 0 Å². The fraction of sp³-hybridized carbons (Fsp3) is 0.667. The molecular weight excluding hydrogens is 170 g/mol. The SMILES string of the molecule is CCOC(=O)/C(CC)=C(/N)OCC. The molecule has 0 spiro atoms. The van der Waals surface area contributed by atoms with Gasteiger partial charge >= 0.3 is 5.97 Å². The fourth-order valence-corrected chi connectivity index (χ4v) is 0.880. The molecule has 0 aromatic rings. The summed E-state index contributed by atoms with van der Waals surface area (Å²) in [5.41, 5.74) is 5.93. The molecule has 0 aliphatic carbocycles. The van der Waals surface area contributed by atoms with E-state index >= 15 is 0 Å². The molecule has 4 heteroatoms. The quantitative estimate of drug-likeness (QED) is 0.398. The summed E-state index contributed by atoms with van der Waals surface area (Å²) in [6.07, 6.45) is 0.519. The minimum atomic E-state index is -0.393. The Labute approximate surface area is 78.7 Å². The standard InChI is InChI=1S/C9H17NO3/c1-4-7(8(10)12-5-2)9(11)13-6-3/h4-6,10H2,1-3H3/b8-7-. The molecule has 0 unspecified atom stereocenters. The highest BCUT2D eigenvalue weighted by Gasteiger charge is 2.13. The summed E-state index contributed by atoms with van der Waals surface area (Å²) in [6.45, 7) is 6.20. The molecule has 76 valence electrons. The number of hydrogen-bond acceptors (Lipinski definition) is 4. The van der Waals surface area contributed by atoms with Crippen molar-refractivity contribution in [2.24, 2.45) is 5.73 Å². The first-order valence-electron chi connectivity index (χ1n) is 4.45. The first-order chi connectivity index (χ1) is 6.17. The van der Waals surface area contributed by atoms with E-state index in [4.69, 9.17) is 15.2 Å². The smallest absolute Gasteiger partial charge is 0.339 e. The lowest BCUT2D eigenvalue weighted by molar-refractivity contribution is -0.138. The maximum absolute atomic E-state index is 11.3. The summed E-state index contributed by atoms with van der Waals surface area (Å²) in [7, 11) is 0. The van der Waals surface area contributed by atoms with Crippen LogP contribution in [-0.4, -0.2) is 19.2 Å². The van der Waals surface area contributed by atoms with E-state index in [0.29, 0.717) is 25.2 Å². The molecule has 0 fully saturated rings. The van der Waals surface area contributed by atoms with Crippen LogP contribution < -0.4 is 5.73 Å². The van der Waals surface area contributed by atoms with Gasteiger partial charge in [0.15, 0.2) is 5.88 Å². The van der Waals surface area contributed by atoms with Crippen molar-refractivity contribution in [2.45, 2.75) is 27.2 Å². The van der Waals surface area contributed by atoms with Crippen LogP contribution in [0.4, 0.5) is 0 Å². The maximum atomic E-state index is 11.3. The molecule has 0 aliphatic heterocycles. The first kappa shape index (κ1) is 11.8. The van der Waals surface area contributed by atoms with E-state index in [2.05, 4.69) is 0 Å². The minimum Gasteiger partial charge on any atom is -0.479 e. The van der Waals surface area contributed by atoms with Gasteiger partial charge in [0.25, 0.3) is 0 Å². The normalized spacial score (nSPS) is 11.9. The minimum absolute atomic E-state index is 0.170. The lowest BCUT2D eigenvalue weighted by Gasteiger charge is -2.08. The van der Waals surface area contributed by atoms with Gasteiger partial charge in [-0.2, -0.15) is 0 Å².